The zero-order chi connectivity index (χ0) is 19.3. The van der Waals surface area contributed by atoms with Crippen molar-refractivity contribution in [2.45, 2.75) is 77.3 Å². The third-order valence-electron chi connectivity index (χ3n) is 7.82. The molecule has 3 atom stereocenters. The molecule has 4 aliphatic carbocycles. The van der Waals surface area contributed by atoms with Gasteiger partial charge in [-0.15, -0.1) is 0 Å². The molecule has 4 bridgehead atoms. The molecule has 0 spiro atoms. The van der Waals surface area contributed by atoms with Crippen LogP contribution in [-0.2, 0) is 14.4 Å². The lowest BCUT2D eigenvalue weighted by molar-refractivity contribution is -0.160. The summed E-state index contributed by atoms with van der Waals surface area (Å²) in [6.45, 7) is 3.97. The number of nitrogens with zero attached hydrogens (tertiary/aromatic N) is 1. The van der Waals surface area contributed by atoms with Crippen LogP contribution in [0, 0.1) is 29.1 Å². The Balaban J connectivity index is 1.46. The Kier molecular flexibility index (Phi) is 4.71. The number of rotatable bonds is 5. The average Bonchev–Trinajstić information content (AvgIpc) is 3.08. The first-order valence-electron chi connectivity index (χ1n) is 10.6. The zero-order valence-corrected chi connectivity index (χ0v) is 16.4. The number of nitrogens with one attached hydrogen (secondary N) is 1. The maximum absolute atomic E-state index is 13.6. The standard InChI is InChI=1S/C21H32N2O4/c1-12(19(25)26)13(2)22-18(24)17-4-3-5-23(17)20(27)21-9-14-6-15(10-21)8-16(7-14)11-21/h12-17H,3-11H2,1-2H3,(H,22,24)(H,25,26). The molecule has 6 nitrogen and oxygen atoms in total. The number of aliphatic carboxylic acids is 1. The van der Waals surface area contributed by atoms with E-state index in [0.717, 1.165) is 25.7 Å². The zero-order valence-electron chi connectivity index (χ0n) is 16.4. The molecule has 27 heavy (non-hydrogen) atoms. The van der Waals surface area contributed by atoms with Crippen LogP contribution in [0.5, 0.6) is 0 Å². The van der Waals surface area contributed by atoms with E-state index in [4.69, 9.17) is 5.11 Å². The highest BCUT2D eigenvalue weighted by Crippen LogP contribution is 2.60. The van der Waals surface area contributed by atoms with E-state index < -0.39 is 24.0 Å². The van der Waals surface area contributed by atoms with Crippen molar-refractivity contribution in [2.75, 3.05) is 6.54 Å². The number of carbonyl (C=O) groups excluding carboxylic acids is 2. The Labute approximate surface area is 161 Å². The Bertz CT molecular complexity index is 611. The Morgan fingerprint density at radius 1 is 1.04 bits per heavy atom. The molecule has 4 saturated carbocycles. The van der Waals surface area contributed by atoms with E-state index in [9.17, 15) is 14.4 Å². The highest BCUT2D eigenvalue weighted by Gasteiger charge is 2.56. The molecule has 1 heterocycles. The maximum atomic E-state index is 13.6. The fraction of sp³-hybridized carbons (Fsp3) is 0.857. The minimum absolute atomic E-state index is 0.189. The molecule has 0 aromatic rings. The predicted octanol–water partition coefficient (Wildman–Crippen LogP) is 2.42. The van der Waals surface area contributed by atoms with Gasteiger partial charge in [0.05, 0.1) is 11.3 Å². The smallest absolute Gasteiger partial charge is 0.308 e. The molecule has 2 N–H and O–H groups in total. The van der Waals surface area contributed by atoms with Crippen LogP contribution in [0.15, 0.2) is 0 Å². The lowest BCUT2D eigenvalue weighted by Gasteiger charge is -2.56. The molecule has 1 saturated heterocycles. The lowest BCUT2D eigenvalue weighted by atomic mass is 9.49. The first-order chi connectivity index (χ1) is 12.8. The van der Waals surface area contributed by atoms with Gasteiger partial charge in [0.1, 0.15) is 6.04 Å². The topological polar surface area (TPSA) is 86.7 Å². The second-order valence-corrected chi connectivity index (χ2v) is 9.78. The summed E-state index contributed by atoms with van der Waals surface area (Å²) < 4.78 is 0. The fourth-order valence-electron chi connectivity index (χ4n) is 6.62. The second kappa shape index (κ2) is 6.78. The van der Waals surface area contributed by atoms with Gasteiger partial charge in [-0.3, -0.25) is 14.4 Å². The summed E-state index contributed by atoms with van der Waals surface area (Å²) in [5.41, 5.74) is -0.225. The van der Waals surface area contributed by atoms with Gasteiger partial charge in [0.2, 0.25) is 11.8 Å². The predicted molar refractivity (Wildman–Crippen MR) is 99.7 cm³/mol. The van der Waals surface area contributed by atoms with E-state index in [1.807, 2.05) is 4.90 Å². The molecule has 5 aliphatic rings. The highest BCUT2D eigenvalue weighted by atomic mass is 16.4. The molecule has 6 heteroatoms. The summed E-state index contributed by atoms with van der Waals surface area (Å²) in [4.78, 5) is 39.4. The Morgan fingerprint density at radius 3 is 2.11 bits per heavy atom. The number of amides is 2. The van der Waals surface area contributed by atoms with Gasteiger partial charge >= 0.3 is 5.97 Å². The van der Waals surface area contributed by atoms with Crippen molar-refractivity contribution in [1.29, 1.82) is 0 Å². The van der Waals surface area contributed by atoms with Gasteiger partial charge in [0.25, 0.3) is 0 Å². The van der Waals surface area contributed by atoms with Crippen molar-refractivity contribution >= 4 is 17.8 Å². The van der Waals surface area contributed by atoms with E-state index in [0.29, 0.717) is 30.7 Å². The van der Waals surface area contributed by atoms with Crippen molar-refractivity contribution in [1.82, 2.24) is 10.2 Å². The summed E-state index contributed by atoms with van der Waals surface area (Å²) in [6, 6.07) is -0.888. The Morgan fingerprint density at radius 2 is 1.59 bits per heavy atom. The Hall–Kier alpha value is -1.59. The van der Waals surface area contributed by atoms with Gasteiger partial charge in [0, 0.05) is 12.6 Å². The molecule has 0 aromatic carbocycles. The molecule has 150 valence electrons. The fourth-order valence-corrected chi connectivity index (χ4v) is 6.62. The minimum atomic E-state index is -0.921. The summed E-state index contributed by atoms with van der Waals surface area (Å²) >= 11 is 0. The van der Waals surface area contributed by atoms with Crippen LogP contribution in [0.4, 0.5) is 0 Å². The molecule has 3 unspecified atom stereocenters. The molecular formula is C21H32N2O4. The van der Waals surface area contributed by atoms with Crippen LogP contribution >= 0.6 is 0 Å². The van der Waals surface area contributed by atoms with Crippen LogP contribution in [0.1, 0.15) is 65.2 Å². The average molecular weight is 376 g/mol. The third kappa shape index (κ3) is 3.25. The van der Waals surface area contributed by atoms with Crippen molar-refractivity contribution < 1.29 is 19.5 Å². The number of carboxylic acids is 1. The number of hydrogen-bond donors (Lipinski definition) is 2. The summed E-state index contributed by atoms with van der Waals surface area (Å²) in [5.74, 6) is 0.548. The quantitative estimate of drug-likeness (QED) is 0.771. The maximum Gasteiger partial charge on any atom is 0.308 e. The van der Waals surface area contributed by atoms with E-state index in [1.54, 1.807) is 13.8 Å². The summed E-state index contributed by atoms with van der Waals surface area (Å²) in [5, 5.41) is 12.0. The van der Waals surface area contributed by atoms with E-state index >= 15 is 0 Å². The van der Waals surface area contributed by atoms with Crippen LogP contribution in [0.2, 0.25) is 0 Å². The molecular weight excluding hydrogens is 344 g/mol. The summed E-state index contributed by atoms with van der Waals surface area (Å²) in [7, 11) is 0. The van der Waals surface area contributed by atoms with Gasteiger partial charge < -0.3 is 15.3 Å². The minimum Gasteiger partial charge on any atom is -0.481 e. The number of carboxylic acid groups (broad SMARTS) is 1. The second-order valence-electron chi connectivity index (χ2n) is 9.78. The van der Waals surface area contributed by atoms with Crippen molar-refractivity contribution in [2.24, 2.45) is 29.1 Å². The molecule has 0 radical (unpaired) electrons. The largest absolute Gasteiger partial charge is 0.481 e. The van der Waals surface area contributed by atoms with E-state index in [2.05, 4.69) is 5.32 Å². The van der Waals surface area contributed by atoms with Crippen LogP contribution in [0.25, 0.3) is 0 Å². The first kappa shape index (κ1) is 18.8. The van der Waals surface area contributed by atoms with E-state index in [1.165, 1.54) is 19.3 Å². The monoisotopic (exact) mass is 376 g/mol. The van der Waals surface area contributed by atoms with Crippen molar-refractivity contribution in [3.05, 3.63) is 0 Å². The van der Waals surface area contributed by atoms with Crippen molar-refractivity contribution in [3.8, 4) is 0 Å². The van der Waals surface area contributed by atoms with E-state index in [-0.39, 0.29) is 17.2 Å². The van der Waals surface area contributed by atoms with Gasteiger partial charge in [-0.1, -0.05) is 0 Å². The van der Waals surface area contributed by atoms with Crippen LogP contribution in [0.3, 0.4) is 0 Å². The lowest BCUT2D eigenvalue weighted by Crippen LogP contribution is -2.58. The van der Waals surface area contributed by atoms with Crippen LogP contribution in [-0.4, -0.2) is 46.4 Å². The molecule has 5 fully saturated rings. The number of likely N-dealkylation sites (tertiary alicyclic amines) is 1. The molecule has 1 aliphatic heterocycles. The molecule has 2 amide bonds. The van der Waals surface area contributed by atoms with Gasteiger partial charge in [-0.25, -0.2) is 0 Å². The third-order valence-corrected chi connectivity index (χ3v) is 7.82. The first-order valence-corrected chi connectivity index (χ1v) is 10.6. The summed E-state index contributed by atoms with van der Waals surface area (Å²) in [6.07, 6.45) is 8.43. The SMILES string of the molecule is CC(NC(=O)C1CCCN1C(=O)C12CC3CC(CC(C3)C1)C2)C(C)C(=O)O. The number of hydrogen-bond acceptors (Lipinski definition) is 3. The van der Waals surface area contributed by atoms with Crippen LogP contribution < -0.4 is 5.32 Å². The normalized spacial score (nSPS) is 39.3. The van der Waals surface area contributed by atoms with Gasteiger partial charge in [-0.2, -0.15) is 0 Å². The highest BCUT2D eigenvalue weighted by molar-refractivity contribution is 5.91. The molecule has 5 rings (SSSR count). The van der Waals surface area contributed by atoms with Gasteiger partial charge in [0.15, 0.2) is 0 Å². The number of carbonyl (C=O) groups is 3. The van der Waals surface area contributed by atoms with Gasteiger partial charge in [-0.05, 0) is 83.0 Å². The molecule has 0 aromatic heterocycles. The van der Waals surface area contributed by atoms with Crippen molar-refractivity contribution in [3.63, 3.8) is 0 Å².